The maximum Gasteiger partial charge on any atom is 0.245 e. The maximum absolute atomic E-state index is 12.2. The van der Waals surface area contributed by atoms with Crippen LogP contribution in [0.25, 0.3) is 22.6 Å². The number of ether oxygens (including phenoxy) is 2. The number of hydrogen-bond acceptors (Lipinski definition) is 9. The fourth-order valence-electron chi connectivity index (χ4n) is 4.71. The molecule has 1 saturated carbocycles. The molecule has 39 heavy (non-hydrogen) atoms. The summed E-state index contributed by atoms with van der Waals surface area (Å²) in [7, 11) is 0.932. The molecule has 12 heteroatoms. The van der Waals surface area contributed by atoms with Crippen molar-refractivity contribution in [1.82, 2.24) is 29.3 Å². The van der Waals surface area contributed by atoms with Crippen LogP contribution < -0.4 is 9.47 Å². The van der Waals surface area contributed by atoms with Crippen molar-refractivity contribution < 1.29 is 13.7 Å². The molecule has 6 rings (SSSR count). The number of aliphatic imine (C=N–C) groups is 1. The van der Waals surface area contributed by atoms with Gasteiger partial charge < -0.3 is 18.9 Å². The molecule has 1 saturated heterocycles. The van der Waals surface area contributed by atoms with Gasteiger partial charge in [-0.1, -0.05) is 11.6 Å². The highest BCUT2D eigenvalue weighted by Crippen LogP contribution is 2.41. The second-order valence-corrected chi connectivity index (χ2v) is 12.4. The average Bonchev–Trinajstić information content (AvgIpc) is 3.39. The molecule has 2 aliphatic heterocycles. The van der Waals surface area contributed by atoms with Crippen molar-refractivity contribution in [3.05, 3.63) is 40.7 Å². The Balaban J connectivity index is 1.29. The molecule has 2 aromatic heterocycles. The minimum Gasteiger partial charge on any atom is -0.492 e. The zero-order chi connectivity index (χ0) is 27.1. The standard InChI is InChI=1S/C27H32ClN7O3S/c1-18-31-19(16-39(18)36)15-35-24(32-23-25(35)29-17-30-26(23)38-27(2)6-7-27)21-5-4-20(14-22(21)28)37-13-12-34-10-8-33(3)9-11-34/h4-5,14,16-17H,6-13,15H2,1-3H3. The molecule has 3 aliphatic rings. The van der Waals surface area contributed by atoms with E-state index in [0.29, 0.717) is 57.5 Å². The highest BCUT2D eigenvalue weighted by atomic mass is 35.5. The van der Waals surface area contributed by atoms with E-state index in [4.69, 9.17) is 26.1 Å². The van der Waals surface area contributed by atoms with Crippen LogP contribution in [0.15, 0.2) is 40.6 Å². The lowest BCUT2D eigenvalue weighted by Crippen LogP contribution is -2.45. The number of allylic oxidation sites excluding steroid dienone is 1. The first kappa shape index (κ1) is 26.4. The first-order valence-corrected chi connectivity index (χ1v) is 14.8. The number of likely N-dealkylation sites (N-methyl/N-ethyl adjacent to an activating group) is 1. The third-order valence-corrected chi connectivity index (χ3v) is 8.88. The summed E-state index contributed by atoms with van der Waals surface area (Å²) < 4.78 is 26.4. The number of fused-ring (bicyclic) bond motifs is 1. The van der Waals surface area contributed by atoms with Gasteiger partial charge in [-0.15, -0.1) is 0 Å². The highest BCUT2D eigenvalue weighted by Gasteiger charge is 2.41. The van der Waals surface area contributed by atoms with Gasteiger partial charge in [0.25, 0.3) is 0 Å². The zero-order valence-electron chi connectivity index (χ0n) is 22.4. The summed E-state index contributed by atoms with van der Waals surface area (Å²) in [5, 5.41) is 2.75. The van der Waals surface area contributed by atoms with E-state index in [1.165, 1.54) is 6.33 Å². The molecule has 1 aliphatic carbocycles. The van der Waals surface area contributed by atoms with E-state index in [-0.39, 0.29) is 5.60 Å². The fraction of sp³-hybridized carbons (Fsp3) is 0.481. The van der Waals surface area contributed by atoms with Crippen LogP contribution in [0.4, 0.5) is 0 Å². The summed E-state index contributed by atoms with van der Waals surface area (Å²) in [4.78, 5) is 23.1. The Labute approximate surface area is 235 Å². The monoisotopic (exact) mass is 569 g/mol. The van der Waals surface area contributed by atoms with Gasteiger partial charge in [0.1, 0.15) is 35.2 Å². The van der Waals surface area contributed by atoms with E-state index < -0.39 is 10.8 Å². The van der Waals surface area contributed by atoms with E-state index in [2.05, 4.69) is 38.7 Å². The number of piperazine rings is 1. The lowest BCUT2D eigenvalue weighted by atomic mass is 10.2. The summed E-state index contributed by atoms with van der Waals surface area (Å²) in [6.07, 6.45) is 3.43. The molecule has 10 nitrogen and oxygen atoms in total. The van der Waals surface area contributed by atoms with E-state index >= 15 is 0 Å². The first-order chi connectivity index (χ1) is 18.8. The zero-order valence-corrected chi connectivity index (χ0v) is 24.0. The number of rotatable bonds is 9. The molecule has 0 N–H and O–H groups in total. The van der Waals surface area contributed by atoms with Crippen LogP contribution in [0.3, 0.4) is 0 Å². The van der Waals surface area contributed by atoms with E-state index in [9.17, 15) is 4.21 Å². The summed E-state index contributed by atoms with van der Waals surface area (Å²) in [5.74, 6) is 1.76. The molecule has 1 aromatic carbocycles. The fourth-order valence-corrected chi connectivity index (χ4v) is 5.71. The number of aromatic nitrogens is 4. The lowest BCUT2D eigenvalue weighted by molar-refractivity contribution is 0.134. The minimum atomic E-state index is -1.22. The van der Waals surface area contributed by atoms with Gasteiger partial charge in [-0.3, -0.25) is 4.90 Å². The van der Waals surface area contributed by atoms with Crippen LogP contribution in [0.1, 0.15) is 26.7 Å². The van der Waals surface area contributed by atoms with Gasteiger partial charge in [0.05, 0.1) is 28.1 Å². The second-order valence-electron chi connectivity index (χ2n) is 10.6. The molecule has 1 atom stereocenters. The average molecular weight is 570 g/mol. The largest absolute Gasteiger partial charge is 0.492 e. The van der Waals surface area contributed by atoms with E-state index in [0.717, 1.165) is 51.1 Å². The van der Waals surface area contributed by atoms with Crippen molar-refractivity contribution in [1.29, 1.82) is 0 Å². The van der Waals surface area contributed by atoms with Gasteiger partial charge in [-0.2, -0.15) is 4.98 Å². The topological polar surface area (TPSA) is 98.0 Å². The van der Waals surface area contributed by atoms with Crippen LogP contribution in [0.2, 0.25) is 5.02 Å². The first-order valence-electron chi connectivity index (χ1n) is 13.2. The summed E-state index contributed by atoms with van der Waals surface area (Å²) in [6.45, 7) is 9.89. The van der Waals surface area contributed by atoms with E-state index in [1.807, 2.05) is 22.8 Å². The van der Waals surface area contributed by atoms with Gasteiger partial charge in [0, 0.05) is 43.7 Å². The molecule has 0 amide bonds. The van der Waals surface area contributed by atoms with Crippen molar-refractivity contribution in [3.8, 4) is 23.0 Å². The van der Waals surface area contributed by atoms with Crippen LogP contribution in [-0.2, 0) is 17.3 Å². The van der Waals surface area contributed by atoms with Gasteiger partial charge in [0.15, 0.2) is 11.2 Å². The number of halogens is 1. The molecule has 3 aromatic rings. The minimum absolute atomic E-state index is 0.224. The predicted molar refractivity (Wildman–Crippen MR) is 153 cm³/mol. The third-order valence-electron chi connectivity index (χ3n) is 7.40. The lowest BCUT2D eigenvalue weighted by Gasteiger charge is -2.32. The summed E-state index contributed by atoms with van der Waals surface area (Å²) in [5.41, 5.74) is 2.35. The molecule has 4 heterocycles. The van der Waals surface area contributed by atoms with E-state index in [1.54, 1.807) is 12.3 Å². The smallest absolute Gasteiger partial charge is 0.245 e. The molecule has 0 spiro atoms. The van der Waals surface area contributed by atoms with Gasteiger partial charge >= 0.3 is 0 Å². The molecule has 0 radical (unpaired) electrons. The Morgan fingerprint density at radius 1 is 1.15 bits per heavy atom. The molecular formula is C27H32ClN7O3S. The SMILES string of the molecule is CC1=NC(Cn2c(-c3ccc(OCCN4CCN(C)CC4)cc3Cl)nc3c(OC4(C)CC4)ncnc32)=CS1=O. The summed E-state index contributed by atoms with van der Waals surface area (Å²) >= 11 is 6.82. The van der Waals surface area contributed by atoms with Crippen molar-refractivity contribution in [2.75, 3.05) is 46.4 Å². The van der Waals surface area contributed by atoms with Gasteiger partial charge in [-0.25, -0.2) is 19.2 Å². The Morgan fingerprint density at radius 2 is 1.95 bits per heavy atom. The van der Waals surface area contributed by atoms with Crippen LogP contribution in [-0.4, -0.2) is 90.6 Å². The normalized spacial score (nSPS) is 21.2. The number of imidazole rings is 1. The number of hydrogen-bond donors (Lipinski definition) is 0. The predicted octanol–water partition coefficient (Wildman–Crippen LogP) is 3.73. The Kier molecular flexibility index (Phi) is 7.17. The quantitative estimate of drug-likeness (QED) is 0.384. The Morgan fingerprint density at radius 3 is 2.64 bits per heavy atom. The van der Waals surface area contributed by atoms with Crippen molar-refractivity contribution >= 4 is 38.6 Å². The maximum atomic E-state index is 12.2. The number of nitrogens with zero attached hydrogens (tertiary/aromatic N) is 7. The van der Waals surface area contributed by atoms with Crippen molar-refractivity contribution in [2.24, 2.45) is 4.99 Å². The second kappa shape index (κ2) is 10.6. The van der Waals surface area contributed by atoms with Crippen molar-refractivity contribution in [3.63, 3.8) is 0 Å². The molecular weight excluding hydrogens is 538 g/mol. The number of benzene rings is 1. The highest BCUT2D eigenvalue weighted by molar-refractivity contribution is 8.03. The third kappa shape index (κ3) is 5.72. The van der Waals surface area contributed by atoms with Gasteiger partial charge in [-0.05, 0) is 51.9 Å². The van der Waals surface area contributed by atoms with Crippen molar-refractivity contribution in [2.45, 2.75) is 38.8 Å². The van der Waals surface area contributed by atoms with Gasteiger partial charge in [0.2, 0.25) is 5.88 Å². The van der Waals surface area contributed by atoms with Crippen LogP contribution in [0, 0.1) is 0 Å². The molecule has 206 valence electrons. The molecule has 1 unspecified atom stereocenters. The Bertz CT molecular complexity index is 1490. The summed E-state index contributed by atoms with van der Waals surface area (Å²) in [6, 6.07) is 5.65. The Hall–Kier alpha value is -2.86. The van der Waals surface area contributed by atoms with Crippen LogP contribution in [0.5, 0.6) is 11.6 Å². The molecule has 0 bridgehead atoms. The molecule has 2 fully saturated rings. The van der Waals surface area contributed by atoms with Crippen LogP contribution >= 0.6 is 11.6 Å².